The highest BCUT2D eigenvalue weighted by molar-refractivity contribution is 5.78. The zero-order chi connectivity index (χ0) is 10.9. The van der Waals surface area contributed by atoms with Crippen molar-refractivity contribution in [2.45, 2.75) is 39.0 Å². The van der Waals surface area contributed by atoms with Gasteiger partial charge >= 0.3 is 0 Å². The molecule has 1 amide bonds. The molecule has 1 aliphatic carbocycles. The fourth-order valence-corrected chi connectivity index (χ4v) is 3.55. The van der Waals surface area contributed by atoms with E-state index in [4.69, 9.17) is 5.73 Å². The van der Waals surface area contributed by atoms with Gasteiger partial charge in [0.15, 0.2) is 0 Å². The Morgan fingerprint density at radius 3 is 3.07 bits per heavy atom. The molecule has 2 rings (SSSR count). The molecule has 2 fully saturated rings. The van der Waals surface area contributed by atoms with Crippen molar-refractivity contribution in [3.05, 3.63) is 0 Å². The minimum absolute atomic E-state index is 0.0758. The Morgan fingerprint density at radius 2 is 2.40 bits per heavy atom. The zero-order valence-corrected chi connectivity index (χ0v) is 9.59. The molecule has 3 unspecified atom stereocenters. The van der Waals surface area contributed by atoms with Gasteiger partial charge in [0.2, 0.25) is 5.91 Å². The van der Waals surface area contributed by atoms with E-state index in [1.54, 1.807) is 0 Å². The first-order valence-corrected chi connectivity index (χ1v) is 6.18. The number of nitrogens with one attached hydrogen (secondary N) is 1. The van der Waals surface area contributed by atoms with Gasteiger partial charge in [-0.25, -0.2) is 0 Å². The lowest BCUT2D eigenvalue weighted by atomic mass is 9.64. The molecule has 0 radical (unpaired) electrons. The highest BCUT2D eigenvalue weighted by Crippen LogP contribution is 2.47. The Hall–Kier alpha value is -0.570. The molecule has 2 aliphatic rings. The van der Waals surface area contributed by atoms with Crippen molar-refractivity contribution in [3.63, 3.8) is 0 Å². The summed E-state index contributed by atoms with van der Waals surface area (Å²) in [5.41, 5.74) is 5.71. The van der Waals surface area contributed by atoms with Crippen LogP contribution >= 0.6 is 0 Å². The molecule has 0 bridgehead atoms. The van der Waals surface area contributed by atoms with Gasteiger partial charge in [-0.15, -0.1) is 0 Å². The van der Waals surface area contributed by atoms with Crippen LogP contribution in [0.15, 0.2) is 0 Å². The van der Waals surface area contributed by atoms with Gasteiger partial charge < -0.3 is 11.1 Å². The predicted molar refractivity (Wildman–Crippen MR) is 60.2 cm³/mol. The molecular weight excluding hydrogens is 188 g/mol. The Kier molecular flexibility index (Phi) is 3.01. The van der Waals surface area contributed by atoms with Crippen LogP contribution in [0.1, 0.15) is 39.0 Å². The largest absolute Gasteiger partial charge is 0.369 e. The first-order valence-electron chi connectivity index (χ1n) is 6.18. The minimum Gasteiger partial charge on any atom is -0.369 e. The van der Waals surface area contributed by atoms with Crippen LogP contribution in [0.5, 0.6) is 0 Å². The molecule has 0 aromatic rings. The first-order chi connectivity index (χ1) is 7.18. The Morgan fingerprint density at radius 1 is 1.60 bits per heavy atom. The summed E-state index contributed by atoms with van der Waals surface area (Å²) in [5, 5.41) is 3.36. The number of amides is 1. The topological polar surface area (TPSA) is 55.1 Å². The third-order valence-electron chi connectivity index (χ3n) is 4.47. The van der Waals surface area contributed by atoms with E-state index in [0.29, 0.717) is 0 Å². The normalized spacial score (nSPS) is 40.9. The monoisotopic (exact) mass is 210 g/mol. The molecule has 1 spiro atoms. The lowest BCUT2D eigenvalue weighted by molar-refractivity contribution is -0.125. The van der Waals surface area contributed by atoms with E-state index in [0.717, 1.165) is 19.0 Å². The summed E-state index contributed by atoms with van der Waals surface area (Å²) in [7, 11) is 0. The van der Waals surface area contributed by atoms with E-state index in [2.05, 4.69) is 12.2 Å². The quantitative estimate of drug-likeness (QED) is 0.721. The van der Waals surface area contributed by atoms with Crippen LogP contribution in [0.3, 0.4) is 0 Å². The fourth-order valence-electron chi connectivity index (χ4n) is 3.55. The second-order valence-electron chi connectivity index (χ2n) is 5.32. The Bertz CT molecular complexity index is 254. The highest BCUT2D eigenvalue weighted by atomic mass is 16.1. The number of primary amides is 1. The van der Waals surface area contributed by atoms with Gasteiger partial charge in [0, 0.05) is 13.1 Å². The summed E-state index contributed by atoms with van der Waals surface area (Å²) in [4.78, 5) is 11.5. The van der Waals surface area contributed by atoms with Gasteiger partial charge in [-0.05, 0) is 24.2 Å². The molecule has 1 aliphatic heterocycles. The van der Waals surface area contributed by atoms with Crippen molar-refractivity contribution >= 4 is 5.91 Å². The standard InChI is InChI=1S/C12H22N2O/c1-2-9-4-3-5-12(6-9)8-14-7-10(12)11(13)15/h9-10,14H,2-8H2,1H3,(H2,13,15). The molecule has 15 heavy (non-hydrogen) atoms. The van der Waals surface area contributed by atoms with Crippen molar-refractivity contribution in [1.82, 2.24) is 5.32 Å². The van der Waals surface area contributed by atoms with Gasteiger partial charge in [-0.2, -0.15) is 0 Å². The van der Waals surface area contributed by atoms with Crippen molar-refractivity contribution in [1.29, 1.82) is 0 Å². The van der Waals surface area contributed by atoms with Crippen LogP contribution in [0.2, 0.25) is 0 Å². The van der Waals surface area contributed by atoms with Crippen molar-refractivity contribution in [3.8, 4) is 0 Å². The predicted octanol–water partition coefficient (Wildman–Crippen LogP) is 1.28. The maximum absolute atomic E-state index is 11.5. The zero-order valence-electron chi connectivity index (χ0n) is 9.59. The van der Waals surface area contributed by atoms with E-state index >= 15 is 0 Å². The molecule has 3 atom stereocenters. The summed E-state index contributed by atoms with van der Waals surface area (Å²) in [5.74, 6) is 0.782. The number of carbonyl (C=O) groups is 1. The lowest BCUT2D eigenvalue weighted by Gasteiger charge is -2.40. The third kappa shape index (κ3) is 1.89. The highest BCUT2D eigenvalue weighted by Gasteiger charge is 2.47. The average molecular weight is 210 g/mol. The molecule has 3 nitrogen and oxygen atoms in total. The van der Waals surface area contributed by atoms with Crippen LogP contribution in [0, 0.1) is 17.3 Å². The number of carbonyl (C=O) groups excluding carboxylic acids is 1. The average Bonchev–Trinajstić information content (AvgIpc) is 2.61. The summed E-state index contributed by atoms with van der Waals surface area (Å²) in [6.45, 7) is 4.05. The maximum atomic E-state index is 11.5. The molecule has 0 aromatic heterocycles. The van der Waals surface area contributed by atoms with Crippen LogP contribution in [-0.2, 0) is 4.79 Å². The van der Waals surface area contributed by atoms with Gasteiger partial charge in [0.05, 0.1) is 5.92 Å². The lowest BCUT2D eigenvalue weighted by Crippen LogP contribution is -2.41. The van der Waals surface area contributed by atoms with Crippen LogP contribution in [0.4, 0.5) is 0 Å². The van der Waals surface area contributed by atoms with Crippen molar-refractivity contribution in [2.24, 2.45) is 23.0 Å². The number of hydrogen-bond donors (Lipinski definition) is 2. The fraction of sp³-hybridized carbons (Fsp3) is 0.917. The van der Waals surface area contributed by atoms with Gasteiger partial charge in [0.25, 0.3) is 0 Å². The number of hydrogen-bond acceptors (Lipinski definition) is 2. The summed E-state index contributed by atoms with van der Waals surface area (Å²) in [6.07, 6.45) is 6.23. The van der Waals surface area contributed by atoms with E-state index in [1.807, 2.05) is 0 Å². The molecule has 1 saturated carbocycles. The number of nitrogens with two attached hydrogens (primary N) is 1. The molecule has 3 heteroatoms. The van der Waals surface area contributed by atoms with Crippen LogP contribution < -0.4 is 11.1 Å². The second kappa shape index (κ2) is 4.12. The number of rotatable bonds is 2. The molecular formula is C12H22N2O. The minimum atomic E-state index is -0.100. The molecule has 1 heterocycles. The molecule has 86 valence electrons. The van der Waals surface area contributed by atoms with E-state index < -0.39 is 0 Å². The maximum Gasteiger partial charge on any atom is 0.222 e. The third-order valence-corrected chi connectivity index (χ3v) is 4.47. The Balaban J connectivity index is 2.13. The summed E-state index contributed by atoms with van der Waals surface area (Å²) >= 11 is 0. The van der Waals surface area contributed by atoms with Gasteiger partial charge in [0.1, 0.15) is 0 Å². The Labute approximate surface area is 91.8 Å². The summed E-state index contributed by atoms with van der Waals surface area (Å²) in [6, 6.07) is 0. The van der Waals surface area contributed by atoms with E-state index in [9.17, 15) is 4.79 Å². The van der Waals surface area contributed by atoms with Crippen LogP contribution in [0.25, 0.3) is 0 Å². The van der Waals surface area contributed by atoms with Crippen molar-refractivity contribution < 1.29 is 4.79 Å². The first kappa shape index (κ1) is 10.9. The van der Waals surface area contributed by atoms with Gasteiger partial charge in [-0.3, -0.25) is 4.79 Å². The van der Waals surface area contributed by atoms with Crippen LogP contribution in [-0.4, -0.2) is 19.0 Å². The molecule has 1 saturated heterocycles. The second-order valence-corrected chi connectivity index (χ2v) is 5.32. The van der Waals surface area contributed by atoms with E-state index in [-0.39, 0.29) is 17.2 Å². The smallest absolute Gasteiger partial charge is 0.222 e. The SMILES string of the molecule is CCC1CCCC2(CNCC2C(N)=O)C1. The molecule has 0 aromatic carbocycles. The van der Waals surface area contributed by atoms with E-state index in [1.165, 1.54) is 32.1 Å². The molecule has 3 N–H and O–H groups in total. The summed E-state index contributed by atoms with van der Waals surface area (Å²) < 4.78 is 0. The van der Waals surface area contributed by atoms with Gasteiger partial charge in [-0.1, -0.05) is 26.2 Å². The van der Waals surface area contributed by atoms with Crippen molar-refractivity contribution in [2.75, 3.05) is 13.1 Å².